The summed E-state index contributed by atoms with van der Waals surface area (Å²) in [7, 11) is 1.66. The van der Waals surface area contributed by atoms with E-state index in [0.29, 0.717) is 6.61 Å². The zero-order valence-corrected chi connectivity index (χ0v) is 11.9. The van der Waals surface area contributed by atoms with Gasteiger partial charge in [0.05, 0.1) is 7.11 Å². The molecule has 0 fully saturated rings. The number of ether oxygens (including phenoxy) is 2. The predicted molar refractivity (Wildman–Crippen MR) is 79.4 cm³/mol. The van der Waals surface area contributed by atoms with Gasteiger partial charge in [0.25, 0.3) is 0 Å². The summed E-state index contributed by atoms with van der Waals surface area (Å²) in [4.78, 5) is 1.42. The first-order valence-electron chi connectivity index (χ1n) is 6.38. The third-order valence-corrected chi connectivity index (χ3v) is 3.67. The van der Waals surface area contributed by atoms with Crippen molar-refractivity contribution in [3.05, 3.63) is 46.7 Å². The molecule has 0 aliphatic rings. The van der Waals surface area contributed by atoms with Crippen LogP contribution in [0.5, 0.6) is 11.5 Å². The van der Waals surface area contributed by atoms with Gasteiger partial charge >= 0.3 is 0 Å². The van der Waals surface area contributed by atoms with Crippen LogP contribution in [0.3, 0.4) is 0 Å². The number of hydrogen-bond donors (Lipinski definition) is 1. The smallest absolute Gasteiger partial charge is 0.119 e. The lowest BCUT2D eigenvalue weighted by atomic mass is 10.3. The summed E-state index contributed by atoms with van der Waals surface area (Å²) in [6.45, 7) is 2.53. The van der Waals surface area contributed by atoms with Crippen molar-refractivity contribution >= 4 is 11.3 Å². The zero-order chi connectivity index (χ0) is 13.3. The molecule has 0 aliphatic heterocycles. The fourth-order valence-corrected chi connectivity index (χ4v) is 2.41. The average Bonchev–Trinajstić information content (AvgIpc) is 2.96. The van der Waals surface area contributed by atoms with Gasteiger partial charge in [-0.05, 0) is 42.1 Å². The summed E-state index contributed by atoms with van der Waals surface area (Å²) >= 11 is 1.80. The van der Waals surface area contributed by atoms with Crippen LogP contribution >= 0.6 is 11.3 Å². The van der Waals surface area contributed by atoms with Gasteiger partial charge in [0.15, 0.2) is 0 Å². The fraction of sp³-hybridized carbons (Fsp3) is 0.333. The third kappa shape index (κ3) is 4.93. The van der Waals surface area contributed by atoms with Gasteiger partial charge in [0.1, 0.15) is 18.1 Å². The molecule has 0 radical (unpaired) electrons. The molecule has 2 aromatic rings. The van der Waals surface area contributed by atoms with Crippen molar-refractivity contribution in [1.29, 1.82) is 0 Å². The van der Waals surface area contributed by atoms with Gasteiger partial charge in [0, 0.05) is 18.0 Å². The van der Waals surface area contributed by atoms with Crippen LogP contribution < -0.4 is 14.8 Å². The minimum Gasteiger partial charge on any atom is -0.497 e. The predicted octanol–water partition coefficient (Wildman–Crippen LogP) is 2.97. The number of thiophene rings is 1. The minimum absolute atomic E-state index is 0.677. The van der Waals surface area contributed by atoms with Gasteiger partial charge in [-0.25, -0.2) is 0 Å². The molecule has 3 nitrogen and oxygen atoms in total. The van der Waals surface area contributed by atoms with Crippen LogP contribution in [0.2, 0.25) is 0 Å². The molecule has 1 heterocycles. The Hall–Kier alpha value is -1.52. The van der Waals surface area contributed by atoms with Crippen molar-refractivity contribution in [2.45, 2.75) is 6.42 Å². The summed E-state index contributed by atoms with van der Waals surface area (Å²) in [5.41, 5.74) is 0. The van der Waals surface area contributed by atoms with Crippen molar-refractivity contribution in [1.82, 2.24) is 5.32 Å². The monoisotopic (exact) mass is 277 g/mol. The maximum atomic E-state index is 5.63. The SMILES string of the molecule is COc1ccc(OCCNCCc2cccs2)cc1. The van der Waals surface area contributed by atoms with Crippen molar-refractivity contribution in [3.63, 3.8) is 0 Å². The normalized spacial score (nSPS) is 10.4. The molecule has 1 N–H and O–H groups in total. The lowest BCUT2D eigenvalue weighted by Gasteiger charge is -2.07. The van der Waals surface area contributed by atoms with Crippen molar-refractivity contribution in [2.24, 2.45) is 0 Å². The Morgan fingerprint density at radius 3 is 2.53 bits per heavy atom. The molecule has 19 heavy (non-hydrogen) atoms. The van der Waals surface area contributed by atoms with Crippen LogP contribution in [0, 0.1) is 0 Å². The minimum atomic E-state index is 0.677. The van der Waals surface area contributed by atoms with E-state index < -0.39 is 0 Å². The quantitative estimate of drug-likeness (QED) is 0.753. The Morgan fingerprint density at radius 1 is 1.05 bits per heavy atom. The van der Waals surface area contributed by atoms with Crippen LogP contribution in [0.1, 0.15) is 4.88 Å². The first-order chi connectivity index (χ1) is 9.38. The largest absolute Gasteiger partial charge is 0.497 e. The zero-order valence-electron chi connectivity index (χ0n) is 11.1. The highest BCUT2D eigenvalue weighted by Crippen LogP contribution is 2.16. The topological polar surface area (TPSA) is 30.5 Å². The molecule has 102 valence electrons. The number of hydrogen-bond acceptors (Lipinski definition) is 4. The summed E-state index contributed by atoms with van der Waals surface area (Å²) in [5.74, 6) is 1.72. The number of benzene rings is 1. The molecular formula is C15H19NO2S. The molecule has 0 amide bonds. The molecule has 1 aromatic heterocycles. The van der Waals surface area contributed by atoms with Gasteiger partial charge < -0.3 is 14.8 Å². The van der Waals surface area contributed by atoms with Crippen LogP contribution in [0.4, 0.5) is 0 Å². The highest BCUT2D eigenvalue weighted by molar-refractivity contribution is 7.09. The Morgan fingerprint density at radius 2 is 1.84 bits per heavy atom. The molecule has 0 unspecified atom stereocenters. The molecule has 0 spiro atoms. The van der Waals surface area contributed by atoms with E-state index in [4.69, 9.17) is 9.47 Å². The van der Waals surface area contributed by atoms with Crippen LogP contribution in [0.15, 0.2) is 41.8 Å². The van der Waals surface area contributed by atoms with E-state index in [0.717, 1.165) is 31.0 Å². The molecule has 1 aromatic carbocycles. The molecule has 0 bridgehead atoms. The van der Waals surface area contributed by atoms with E-state index in [9.17, 15) is 0 Å². The first-order valence-corrected chi connectivity index (χ1v) is 7.26. The van der Waals surface area contributed by atoms with Crippen LogP contribution in [-0.2, 0) is 6.42 Å². The number of nitrogens with one attached hydrogen (secondary N) is 1. The van der Waals surface area contributed by atoms with Crippen LogP contribution in [-0.4, -0.2) is 26.8 Å². The van der Waals surface area contributed by atoms with E-state index in [1.54, 1.807) is 18.4 Å². The summed E-state index contributed by atoms with van der Waals surface area (Å²) < 4.78 is 10.7. The molecular weight excluding hydrogens is 258 g/mol. The highest BCUT2D eigenvalue weighted by Gasteiger charge is 1.96. The van der Waals surface area contributed by atoms with E-state index >= 15 is 0 Å². The number of rotatable bonds is 8. The van der Waals surface area contributed by atoms with Crippen molar-refractivity contribution in [2.75, 3.05) is 26.8 Å². The van der Waals surface area contributed by atoms with Gasteiger partial charge in [-0.15, -0.1) is 11.3 Å². The molecule has 4 heteroatoms. The molecule has 2 rings (SSSR count). The van der Waals surface area contributed by atoms with Gasteiger partial charge in [-0.2, -0.15) is 0 Å². The van der Waals surface area contributed by atoms with E-state index in [2.05, 4.69) is 22.8 Å². The van der Waals surface area contributed by atoms with E-state index in [1.165, 1.54) is 4.88 Å². The summed E-state index contributed by atoms with van der Waals surface area (Å²) in [6, 6.07) is 11.9. The maximum Gasteiger partial charge on any atom is 0.119 e. The third-order valence-electron chi connectivity index (χ3n) is 2.74. The lowest BCUT2D eigenvalue weighted by Crippen LogP contribution is -2.23. The second kappa shape index (κ2) is 7.81. The van der Waals surface area contributed by atoms with Crippen LogP contribution in [0.25, 0.3) is 0 Å². The molecule has 0 saturated carbocycles. The molecule has 0 atom stereocenters. The lowest BCUT2D eigenvalue weighted by molar-refractivity contribution is 0.314. The molecule has 0 aliphatic carbocycles. The maximum absolute atomic E-state index is 5.63. The Bertz CT molecular complexity index is 454. The van der Waals surface area contributed by atoms with Gasteiger partial charge in [-0.3, -0.25) is 0 Å². The Labute approximate surface area is 118 Å². The fourth-order valence-electron chi connectivity index (χ4n) is 1.70. The van der Waals surface area contributed by atoms with Crippen molar-refractivity contribution in [3.8, 4) is 11.5 Å². The highest BCUT2D eigenvalue weighted by atomic mass is 32.1. The van der Waals surface area contributed by atoms with E-state index in [1.807, 2.05) is 24.3 Å². The average molecular weight is 277 g/mol. The van der Waals surface area contributed by atoms with E-state index in [-0.39, 0.29) is 0 Å². The molecule has 0 saturated heterocycles. The van der Waals surface area contributed by atoms with Gasteiger partial charge in [0.2, 0.25) is 0 Å². The summed E-state index contributed by atoms with van der Waals surface area (Å²) in [5, 5.41) is 5.49. The Balaban J connectivity index is 1.56. The standard InChI is InChI=1S/C15H19NO2S/c1-17-13-4-6-14(7-5-13)18-11-10-16-9-8-15-3-2-12-19-15/h2-7,12,16H,8-11H2,1H3. The number of methoxy groups -OCH3 is 1. The second-order valence-corrected chi connectivity index (χ2v) is 5.14. The van der Waals surface area contributed by atoms with Gasteiger partial charge in [-0.1, -0.05) is 6.07 Å². The first kappa shape index (κ1) is 13.9. The summed E-state index contributed by atoms with van der Waals surface area (Å²) in [6.07, 6.45) is 1.08. The second-order valence-electron chi connectivity index (χ2n) is 4.10. The van der Waals surface area contributed by atoms with Crippen molar-refractivity contribution < 1.29 is 9.47 Å². The Kier molecular flexibility index (Phi) is 5.72.